The predicted octanol–water partition coefficient (Wildman–Crippen LogP) is 0.648. The number of nitrogens with zero attached hydrogens (tertiary/aromatic N) is 5. The first-order valence-electron chi connectivity index (χ1n) is 7.81. The zero-order valence-electron chi connectivity index (χ0n) is 13.0. The van der Waals surface area contributed by atoms with Gasteiger partial charge in [-0.1, -0.05) is 24.3 Å². The normalized spacial score (nSPS) is 22.4. The Balaban J connectivity index is 1.47. The lowest BCUT2D eigenvalue weighted by atomic mass is 10.0. The van der Waals surface area contributed by atoms with Crippen molar-refractivity contribution < 1.29 is 4.74 Å². The highest BCUT2D eigenvalue weighted by molar-refractivity contribution is 6.05. The Hall–Kier alpha value is -2.89. The van der Waals surface area contributed by atoms with Gasteiger partial charge in [-0.25, -0.2) is 5.53 Å². The second kappa shape index (κ2) is 6.31. The lowest BCUT2D eigenvalue weighted by molar-refractivity contribution is -0.00712. The minimum absolute atomic E-state index is 0.00860. The molecule has 0 saturated carbocycles. The molecular weight excluding hydrogens is 306 g/mol. The number of nitrogens with one attached hydrogen (secondary N) is 2. The van der Waals surface area contributed by atoms with Crippen LogP contribution in [0.2, 0.25) is 0 Å². The zero-order chi connectivity index (χ0) is 16.4. The van der Waals surface area contributed by atoms with E-state index in [9.17, 15) is 0 Å². The van der Waals surface area contributed by atoms with Crippen molar-refractivity contribution in [3.8, 4) is 6.07 Å². The molecule has 0 radical (unpaired) electrons. The molecule has 0 spiro atoms. The molecule has 0 amide bonds. The van der Waals surface area contributed by atoms with Gasteiger partial charge in [0.15, 0.2) is 11.7 Å². The van der Waals surface area contributed by atoms with Gasteiger partial charge in [0.1, 0.15) is 6.10 Å². The van der Waals surface area contributed by atoms with Gasteiger partial charge in [-0.2, -0.15) is 10.4 Å². The average Bonchev–Trinajstić information content (AvgIpc) is 3.10. The lowest BCUT2D eigenvalue weighted by Gasteiger charge is -2.35. The van der Waals surface area contributed by atoms with E-state index in [0.29, 0.717) is 13.0 Å². The maximum absolute atomic E-state index is 8.76. The van der Waals surface area contributed by atoms with E-state index in [1.54, 1.807) is 5.12 Å². The van der Waals surface area contributed by atoms with E-state index in [-0.39, 0.29) is 6.10 Å². The molecule has 8 heteroatoms. The van der Waals surface area contributed by atoms with Crippen LogP contribution in [0.3, 0.4) is 0 Å². The Labute approximate surface area is 139 Å². The topological polar surface area (TPSA) is 88.3 Å². The molecule has 3 heterocycles. The monoisotopic (exact) mass is 323 g/mol. The van der Waals surface area contributed by atoms with E-state index in [1.807, 2.05) is 36.4 Å². The first kappa shape index (κ1) is 14.7. The van der Waals surface area contributed by atoms with Crippen LogP contribution in [0.15, 0.2) is 46.6 Å². The highest BCUT2D eigenvalue weighted by atomic mass is 16.5. The van der Waals surface area contributed by atoms with Gasteiger partial charge < -0.3 is 9.64 Å². The lowest BCUT2D eigenvalue weighted by Crippen LogP contribution is -2.46. The molecule has 3 aliphatic rings. The van der Waals surface area contributed by atoms with Gasteiger partial charge in [0.25, 0.3) is 0 Å². The minimum Gasteiger partial charge on any atom is -0.370 e. The van der Waals surface area contributed by atoms with E-state index in [0.717, 1.165) is 35.9 Å². The molecule has 1 saturated heterocycles. The SMILES string of the molecule is N#CCc1ccc(C2CN(C3=NN4NNN=C4C=C3)CCO2)cc1. The number of benzene rings is 1. The van der Waals surface area contributed by atoms with Crippen molar-refractivity contribution in [3.63, 3.8) is 0 Å². The largest absolute Gasteiger partial charge is 0.370 e. The predicted molar refractivity (Wildman–Crippen MR) is 88.1 cm³/mol. The maximum Gasteiger partial charge on any atom is 0.189 e. The number of ether oxygens (including phenoxy) is 1. The van der Waals surface area contributed by atoms with Crippen LogP contribution in [0.5, 0.6) is 0 Å². The second-order valence-corrected chi connectivity index (χ2v) is 5.68. The summed E-state index contributed by atoms with van der Waals surface area (Å²) >= 11 is 0. The Kier molecular flexibility index (Phi) is 3.86. The third kappa shape index (κ3) is 2.82. The van der Waals surface area contributed by atoms with Crippen LogP contribution in [-0.4, -0.2) is 41.4 Å². The van der Waals surface area contributed by atoms with Gasteiger partial charge >= 0.3 is 0 Å². The summed E-state index contributed by atoms with van der Waals surface area (Å²) in [5, 5.41) is 18.9. The third-order valence-electron chi connectivity index (χ3n) is 4.15. The molecule has 2 N–H and O–H groups in total. The molecule has 1 aromatic rings. The summed E-state index contributed by atoms with van der Waals surface area (Å²) in [6.45, 7) is 2.17. The summed E-state index contributed by atoms with van der Waals surface area (Å²) in [7, 11) is 0. The van der Waals surface area contributed by atoms with Gasteiger partial charge in [-0.05, 0) is 23.3 Å². The fourth-order valence-electron chi connectivity index (χ4n) is 2.87. The van der Waals surface area contributed by atoms with Crippen molar-refractivity contribution in [1.29, 1.82) is 5.26 Å². The number of hydrazine groups is 2. The first-order valence-corrected chi connectivity index (χ1v) is 7.81. The molecular formula is C16H17N7O. The van der Waals surface area contributed by atoms with Crippen molar-refractivity contribution in [3.05, 3.63) is 47.5 Å². The Morgan fingerprint density at radius 2 is 2.08 bits per heavy atom. The summed E-state index contributed by atoms with van der Waals surface area (Å²) in [4.78, 5) is 2.20. The Morgan fingerprint density at radius 3 is 2.92 bits per heavy atom. The number of rotatable bonds is 2. The summed E-state index contributed by atoms with van der Waals surface area (Å²) in [5.74, 6) is 1.61. The van der Waals surface area contributed by atoms with Gasteiger partial charge in [0, 0.05) is 13.1 Å². The number of nitriles is 1. The molecule has 122 valence electrons. The van der Waals surface area contributed by atoms with Crippen molar-refractivity contribution in [1.82, 2.24) is 21.1 Å². The maximum atomic E-state index is 8.76. The van der Waals surface area contributed by atoms with E-state index in [4.69, 9.17) is 10.00 Å². The van der Waals surface area contributed by atoms with Crippen molar-refractivity contribution in [2.75, 3.05) is 19.7 Å². The van der Waals surface area contributed by atoms with Crippen LogP contribution >= 0.6 is 0 Å². The number of hydrogen-bond donors (Lipinski definition) is 2. The van der Waals surface area contributed by atoms with E-state index >= 15 is 0 Å². The number of hydrogen-bond acceptors (Lipinski definition) is 8. The first-order chi connectivity index (χ1) is 11.8. The quantitative estimate of drug-likeness (QED) is 0.831. The fraction of sp³-hybridized carbons (Fsp3) is 0.312. The standard InChI is InChI=1S/C16H17N7O/c17-8-7-12-1-3-13(4-2-12)14-11-22(9-10-24-14)16-6-5-15-18-20-21-23(15)19-16/h1-6,14,20-21H,7,9-11H2. The average molecular weight is 323 g/mol. The minimum atomic E-state index is -0.00860. The fourth-order valence-corrected chi connectivity index (χ4v) is 2.87. The number of fused-ring (bicyclic) bond motifs is 1. The van der Waals surface area contributed by atoms with Crippen LogP contribution in [-0.2, 0) is 11.2 Å². The van der Waals surface area contributed by atoms with Gasteiger partial charge in [0.2, 0.25) is 0 Å². The van der Waals surface area contributed by atoms with Crippen molar-refractivity contribution in [2.24, 2.45) is 10.2 Å². The third-order valence-corrected chi connectivity index (χ3v) is 4.15. The number of hydrazone groups is 2. The molecule has 1 atom stereocenters. The molecule has 4 rings (SSSR count). The summed E-state index contributed by atoms with van der Waals surface area (Å²) in [6.07, 6.45) is 4.30. The molecule has 0 bridgehead atoms. The smallest absolute Gasteiger partial charge is 0.189 e. The molecule has 0 aromatic heterocycles. The van der Waals surface area contributed by atoms with Crippen LogP contribution in [0.4, 0.5) is 0 Å². The second-order valence-electron chi connectivity index (χ2n) is 5.68. The van der Waals surface area contributed by atoms with Crippen LogP contribution in [0, 0.1) is 11.3 Å². The Bertz CT molecular complexity index is 747. The van der Waals surface area contributed by atoms with Gasteiger partial charge in [-0.15, -0.1) is 15.7 Å². The molecule has 1 fully saturated rings. The summed E-state index contributed by atoms with van der Waals surface area (Å²) in [5.41, 5.74) is 7.66. The zero-order valence-corrected chi connectivity index (χ0v) is 13.0. The molecule has 1 unspecified atom stereocenters. The summed E-state index contributed by atoms with van der Waals surface area (Å²) in [6, 6.07) is 10.2. The van der Waals surface area contributed by atoms with Crippen molar-refractivity contribution >= 4 is 11.7 Å². The van der Waals surface area contributed by atoms with Crippen LogP contribution in [0.25, 0.3) is 0 Å². The van der Waals surface area contributed by atoms with Crippen LogP contribution in [0.1, 0.15) is 17.2 Å². The molecule has 0 aliphatic carbocycles. The highest BCUT2D eigenvalue weighted by Crippen LogP contribution is 2.23. The highest BCUT2D eigenvalue weighted by Gasteiger charge is 2.26. The number of morpholine rings is 1. The van der Waals surface area contributed by atoms with Crippen LogP contribution < -0.4 is 11.1 Å². The molecule has 24 heavy (non-hydrogen) atoms. The number of amidine groups is 2. The van der Waals surface area contributed by atoms with E-state index in [1.165, 1.54) is 0 Å². The Morgan fingerprint density at radius 1 is 1.25 bits per heavy atom. The molecule has 3 aliphatic heterocycles. The van der Waals surface area contributed by atoms with E-state index in [2.05, 4.69) is 32.2 Å². The van der Waals surface area contributed by atoms with Gasteiger partial charge in [0.05, 0.1) is 19.1 Å². The summed E-state index contributed by atoms with van der Waals surface area (Å²) < 4.78 is 5.92. The molecule has 1 aromatic carbocycles. The molecule has 8 nitrogen and oxygen atoms in total. The van der Waals surface area contributed by atoms with Gasteiger partial charge in [-0.3, -0.25) is 0 Å². The van der Waals surface area contributed by atoms with Crippen molar-refractivity contribution in [2.45, 2.75) is 12.5 Å². The van der Waals surface area contributed by atoms with E-state index < -0.39 is 0 Å².